The van der Waals surface area contributed by atoms with Gasteiger partial charge in [0.25, 0.3) is 5.91 Å². The van der Waals surface area contributed by atoms with Crippen LogP contribution in [0.25, 0.3) is 11.1 Å². The molecule has 0 radical (unpaired) electrons. The molecule has 37 heavy (non-hydrogen) atoms. The zero-order valence-corrected chi connectivity index (χ0v) is 22.0. The van der Waals surface area contributed by atoms with E-state index in [0.29, 0.717) is 28.5 Å². The molecule has 1 aromatic heterocycles. The molecule has 0 aliphatic carbocycles. The number of nitrogens with zero attached hydrogens (tertiary/aromatic N) is 1. The van der Waals surface area contributed by atoms with Crippen molar-refractivity contribution in [3.63, 3.8) is 0 Å². The maximum atomic E-state index is 14.3. The van der Waals surface area contributed by atoms with Crippen LogP contribution in [0.2, 0.25) is 5.02 Å². The van der Waals surface area contributed by atoms with Crippen LogP contribution in [-0.2, 0) is 17.6 Å². The maximum absolute atomic E-state index is 14.3. The number of hydrogen-bond donors (Lipinski definition) is 4. The monoisotopic (exact) mass is 529 g/mol. The maximum Gasteiger partial charge on any atom is 0.309 e. The fourth-order valence-electron chi connectivity index (χ4n) is 4.37. The molecule has 3 aromatic rings. The molecule has 9 heteroatoms. The second kappa shape index (κ2) is 12.3. The molecule has 0 fully saturated rings. The van der Waals surface area contributed by atoms with E-state index in [0.717, 1.165) is 17.7 Å². The minimum absolute atomic E-state index is 0.0443. The van der Waals surface area contributed by atoms with Gasteiger partial charge in [0, 0.05) is 28.9 Å². The Kier molecular flexibility index (Phi) is 9.45. The Hall–Kier alpha value is -3.23. The number of H-pyrrole nitrogens is 1. The number of carbonyl (C=O) groups is 2. The number of halogens is 2. The normalized spacial score (nSPS) is 13.8. The first kappa shape index (κ1) is 28.3. The van der Waals surface area contributed by atoms with Gasteiger partial charge in [0.2, 0.25) is 0 Å². The van der Waals surface area contributed by atoms with E-state index >= 15 is 0 Å². The van der Waals surface area contributed by atoms with E-state index in [4.69, 9.17) is 11.6 Å². The van der Waals surface area contributed by atoms with Crippen LogP contribution in [-0.4, -0.2) is 44.9 Å². The van der Waals surface area contributed by atoms with Crippen molar-refractivity contribution in [2.24, 2.45) is 11.3 Å². The van der Waals surface area contributed by atoms with Gasteiger partial charge in [-0.3, -0.25) is 14.7 Å². The summed E-state index contributed by atoms with van der Waals surface area (Å²) in [6, 6.07) is 12.6. The van der Waals surface area contributed by atoms with Crippen molar-refractivity contribution in [1.29, 1.82) is 0 Å². The highest BCUT2D eigenvalue weighted by Gasteiger charge is 2.36. The van der Waals surface area contributed by atoms with Gasteiger partial charge in [-0.05, 0) is 73.9 Å². The molecule has 2 aromatic carbocycles. The minimum Gasteiger partial charge on any atom is -0.481 e. The van der Waals surface area contributed by atoms with Crippen LogP contribution in [0.3, 0.4) is 0 Å². The highest BCUT2D eigenvalue weighted by molar-refractivity contribution is 6.30. The first-order chi connectivity index (χ1) is 17.5. The smallest absolute Gasteiger partial charge is 0.309 e. The number of nitrogens with one attached hydrogen (secondary N) is 2. The first-order valence-electron chi connectivity index (χ1n) is 12.2. The van der Waals surface area contributed by atoms with Gasteiger partial charge < -0.3 is 15.5 Å². The van der Waals surface area contributed by atoms with Crippen LogP contribution in [0.15, 0.2) is 48.5 Å². The number of carboxylic acids is 1. The Labute approximate surface area is 221 Å². The molecule has 1 amide bonds. The van der Waals surface area contributed by atoms with Gasteiger partial charge in [-0.15, -0.1) is 0 Å². The average molecular weight is 530 g/mol. The minimum atomic E-state index is -1.25. The van der Waals surface area contributed by atoms with Gasteiger partial charge in [0.15, 0.2) is 0 Å². The number of benzene rings is 2. The Balaban J connectivity index is 1.83. The predicted octanol–water partition coefficient (Wildman–Crippen LogP) is 5.27. The van der Waals surface area contributed by atoms with Gasteiger partial charge >= 0.3 is 5.97 Å². The summed E-state index contributed by atoms with van der Waals surface area (Å²) in [6.07, 6.45) is 1.23. The average Bonchev–Trinajstić information content (AvgIpc) is 3.29. The molecular weight excluding hydrogens is 497 g/mol. The molecule has 0 saturated carbocycles. The zero-order chi connectivity index (χ0) is 27.2. The Morgan fingerprint density at radius 2 is 1.84 bits per heavy atom. The largest absolute Gasteiger partial charge is 0.481 e. The molecule has 198 valence electrons. The Morgan fingerprint density at radius 1 is 1.14 bits per heavy atom. The van der Waals surface area contributed by atoms with Gasteiger partial charge in [-0.25, -0.2) is 4.39 Å². The molecule has 0 bridgehead atoms. The fourth-order valence-corrected chi connectivity index (χ4v) is 4.54. The van der Waals surface area contributed by atoms with Crippen molar-refractivity contribution in [2.45, 2.75) is 52.5 Å². The van der Waals surface area contributed by atoms with E-state index in [2.05, 4.69) is 29.4 Å². The lowest BCUT2D eigenvalue weighted by Gasteiger charge is -2.29. The number of amides is 1. The third-order valence-electron chi connectivity index (χ3n) is 6.38. The first-order valence-corrected chi connectivity index (χ1v) is 12.6. The number of carboxylic acid groups (broad SMARTS) is 1. The molecule has 0 unspecified atom stereocenters. The number of aliphatic carboxylic acids is 1. The van der Waals surface area contributed by atoms with Crippen LogP contribution in [0.4, 0.5) is 4.39 Å². The second-order valence-corrected chi connectivity index (χ2v) is 10.6. The molecule has 0 spiro atoms. The number of aliphatic hydroxyl groups excluding tert-OH is 1. The third-order valence-corrected chi connectivity index (χ3v) is 6.61. The lowest BCUT2D eigenvalue weighted by atomic mass is 9.79. The summed E-state index contributed by atoms with van der Waals surface area (Å²) >= 11 is 6.02. The van der Waals surface area contributed by atoms with Gasteiger partial charge in [-0.1, -0.05) is 49.7 Å². The van der Waals surface area contributed by atoms with Crippen molar-refractivity contribution >= 4 is 23.5 Å². The van der Waals surface area contributed by atoms with E-state index in [-0.39, 0.29) is 31.0 Å². The quantitative estimate of drug-likeness (QED) is 0.255. The summed E-state index contributed by atoms with van der Waals surface area (Å²) in [7, 11) is 0. The molecule has 0 saturated heterocycles. The summed E-state index contributed by atoms with van der Waals surface area (Å²) in [5.41, 5.74) is 1.68. The van der Waals surface area contributed by atoms with Crippen LogP contribution in [0, 0.1) is 17.2 Å². The van der Waals surface area contributed by atoms with Crippen molar-refractivity contribution in [3.8, 4) is 11.1 Å². The summed E-state index contributed by atoms with van der Waals surface area (Å²) in [5, 5.41) is 29.7. The molecule has 4 N–H and O–H groups in total. The van der Waals surface area contributed by atoms with Crippen LogP contribution in [0.5, 0.6) is 0 Å². The summed E-state index contributed by atoms with van der Waals surface area (Å²) in [4.78, 5) is 25.1. The molecule has 0 aliphatic heterocycles. The summed E-state index contributed by atoms with van der Waals surface area (Å²) in [5.74, 6) is -1.46. The van der Waals surface area contributed by atoms with E-state index in [9.17, 15) is 24.2 Å². The molecule has 0 aliphatic rings. The van der Waals surface area contributed by atoms with Crippen LogP contribution < -0.4 is 5.32 Å². The van der Waals surface area contributed by atoms with Crippen LogP contribution >= 0.6 is 11.6 Å². The lowest BCUT2D eigenvalue weighted by molar-refractivity contribution is -0.149. The van der Waals surface area contributed by atoms with Crippen molar-refractivity contribution in [1.82, 2.24) is 15.5 Å². The number of carbonyl (C=O) groups excluding carboxylic acids is 1. The lowest BCUT2D eigenvalue weighted by Crippen LogP contribution is -2.43. The summed E-state index contributed by atoms with van der Waals surface area (Å²) in [6.45, 7) is 5.40. The summed E-state index contributed by atoms with van der Waals surface area (Å²) < 4.78 is 14.3. The van der Waals surface area contributed by atoms with Gasteiger partial charge in [0.1, 0.15) is 11.5 Å². The van der Waals surface area contributed by atoms with Crippen molar-refractivity contribution in [2.75, 3.05) is 6.61 Å². The van der Waals surface area contributed by atoms with E-state index in [1.807, 2.05) is 12.1 Å². The predicted molar refractivity (Wildman–Crippen MR) is 141 cm³/mol. The van der Waals surface area contributed by atoms with Crippen molar-refractivity contribution < 1.29 is 24.2 Å². The molecule has 7 nitrogen and oxygen atoms in total. The van der Waals surface area contributed by atoms with Gasteiger partial charge in [-0.2, -0.15) is 5.10 Å². The van der Waals surface area contributed by atoms with Gasteiger partial charge in [0.05, 0.1) is 5.41 Å². The van der Waals surface area contributed by atoms with E-state index < -0.39 is 23.3 Å². The van der Waals surface area contributed by atoms with E-state index in [1.165, 1.54) is 12.1 Å². The molecule has 2 atom stereocenters. The zero-order valence-electron chi connectivity index (χ0n) is 21.2. The number of hydrogen-bond acceptors (Lipinski definition) is 4. The Bertz CT molecular complexity index is 1230. The topological polar surface area (TPSA) is 115 Å². The van der Waals surface area contributed by atoms with Crippen molar-refractivity contribution in [3.05, 3.63) is 76.3 Å². The SMILES string of the molecule is CC(C)Cc1cc(C(=O)N[C@H](Cc2ccc(-c3cc(Cl)ccc3F)cc2)C[C@@](C)(CCO)C(=O)O)n[nH]1. The number of aromatic nitrogens is 2. The Morgan fingerprint density at radius 3 is 2.46 bits per heavy atom. The highest BCUT2D eigenvalue weighted by Crippen LogP contribution is 2.30. The molecule has 1 heterocycles. The second-order valence-electron chi connectivity index (χ2n) is 10.1. The number of aromatic amines is 1. The highest BCUT2D eigenvalue weighted by atomic mass is 35.5. The van der Waals surface area contributed by atoms with Crippen LogP contribution in [0.1, 0.15) is 55.4 Å². The molecule has 3 rings (SSSR count). The number of rotatable bonds is 12. The number of aliphatic hydroxyl groups is 1. The molecular formula is C28H33ClFN3O4. The van der Waals surface area contributed by atoms with E-state index in [1.54, 1.807) is 31.2 Å². The third kappa shape index (κ3) is 7.63. The standard InChI is InChI=1S/C28H33ClFN3O4/c1-17(2)12-21-15-25(33-32-21)26(35)31-22(16-28(3,10-11-34)27(36)37)13-18-4-6-19(7-5-18)23-14-20(29)8-9-24(23)30/h4-9,14-15,17,22,34H,10-13,16H2,1-3H3,(H,31,35)(H,32,33)(H,36,37)/t22-,28-/m1/s1. The fraction of sp³-hybridized carbons (Fsp3) is 0.393.